The number of hydrogen-bond donors (Lipinski definition) is 0. The zero-order chi connectivity index (χ0) is 14.5. The first-order valence-electron chi connectivity index (χ1n) is 7.79. The van der Waals surface area contributed by atoms with E-state index in [1.807, 2.05) is 4.90 Å². The van der Waals surface area contributed by atoms with E-state index in [1.54, 1.807) is 0 Å². The maximum absolute atomic E-state index is 12.5. The number of anilines is 1. The Hall–Kier alpha value is -1.51. The highest BCUT2D eigenvalue weighted by Crippen LogP contribution is 2.31. The molecule has 20 heavy (non-hydrogen) atoms. The molecule has 1 atom stereocenters. The minimum absolute atomic E-state index is 0.261. The van der Waals surface area contributed by atoms with Crippen molar-refractivity contribution in [3.8, 4) is 0 Å². The maximum atomic E-state index is 12.5. The molecule has 1 aromatic carbocycles. The number of carbonyl (C=O) groups excluding carboxylic acids is 1. The topological polar surface area (TPSA) is 23.6 Å². The predicted molar refractivity (Wildman–Crippen MR) is 84.1 cm³/mol. The molecule has 0 saturated heterocycles. The number of benzene rings is 1. The first-order chi connectivity index (χ1) is 9.67. The summed E-state index contributed by atoms with van der Waals surface area (Å²) in [6.45, 7) is 8.72. The maximum Gasteiger partial charge on any atom is 0.242 e. The second-order valence-electron chi connectivity index (χ2n) is 5.69. The van der Waals surface area contributed by atoms with Gasteiger partial charge in [0.1, 0.15) is 0 Å². The third-order valence-corrected chi connectivity index (χ3v) is 3.99. The minimum Gasteiger partial charge on any atom is -0.359 e. The van der Waals surface area contributed by atoms with Gasteiger partial charge < -0.3 is 9.80 Å². The van der Waals surface area contributed by atoms with Crippen LogP contribution in [-0.4, -0.2) is 36.5 Å². The third-order valence-electron chi connectivity index (χ3n) is 3.99. The van der Waals surface area contributed by atoms with E-state index in [0.717, 1.165) is 32.4 Å². The summed E-state index contributed by atoms with van der Waals surface area (Å²) in [6, 6.07) is 8.87. The second kappa shape index (κ2) is 6.78. The second-order valence-corrected chi connectivity index (χ2v) is 5.69. The Balaban J connectivity index is 2.07. The van der Waals surface area contributed by atoms with Crippen LogP contribution < -0.4 is 4.90 Å². The number of rotatable bonds is 6. The Labute approximate surface area is 122 Å². The van der Waals surface area contributed by atoms with E-state index >= 15 is 0 Å². The molecule has 0 N–H and O–H groups in total. The van der Waals surface area contributed by atoms with Crippen molar-refractivity contribution in [2.45, 2.75) is 46.1 Å². The molecule has 3 nitrogen and oxygen atoms in total. The molecule has 1 unspecified atom stereocenters. The molecule has 0 spiro atoms. The predicted octanol–water partition coefficient (Wildman–Crippen LogP) is 3.09. The van der Waals surface area contributed by atoms with Gasteiger partial charge in [0.15, 0.2) is 0 Å². The van der Waals surface area contributed by atoms with Crippen LogP contribution in [0.4, 0.5) is 5.69 Å². The summed E-state index contributed by atoms with van der Waals surface area (Å²) in [5.41, 5.74) is 2.60. The van der Waals surface area contributed by atoms with E-state index < -0.39 is 0 Å². The lowest BCUT2D eigenvalue weighted by Crippen LogP contribution is -2.43. The van der Waals surface area contributed by atoms with Gasteiger partial charge in [0.2, 0.25) is 5.91 Å². The van der Waals surface area contributed by atoms with Gasteiger partial charge in [-0.05, 0) is 37.8 Å². The Kier molecular flexibility index (Phi) is 5.05. The van der Waals surface area contributed by atoms with Crippen LogP contribution in [0, 0.1) is 0 Å². The lowest BCUT2D eigenvalue weighted by atomic mass is 10.1. The van der Waals surface area contributed by atoms with Gasteiger partial charge in [-0.15, -0.1) is 0 Å². The molecule has 2 rings (SSSR count). The minimum atomic E-state index is 0.261. The van der Waals surface area contributed by atoms with Crippen molar-refractivity contribution in [2.75, 3.05) is 24.5 Å². The highest BCUT2D eigenvalue weighted by molar-refractivity contribution is 5.82. The third kappa shape index (κ3) is 3.14. The lowest BCUT2D eigenvalue weighted by molar-refractivity contribution is -0.129. The molecule has 1 aliphatic rings. The summed E-state index contributed by atoms with van der Waals surface area (Å²) in [6.07, 6.45) is 3.10. The number of amides is 1. The van der Waals surface area contributed by atoms with E-state index in [-0.39, 0.29) is 5.91 Å². The normalized spacial score (nSPS) is 17.1. The number of fused-ring (bicyclic) bond motifs is 1. The molecular weight excluding hydrogens is 248 g/mol. The van der Waals surface area contributed by atoms with Crippen LogP contribution in [-0.2, 0) is 11.2 Å². The molecule has 0 saturated carbocycles. The Morgan fingerprint density at radius 1 is 1.25 bits per heavy atom. The van der Waals surface area contributed by atoms with Crippen LogP contribution in [0.1, 0.15) is 39.2 Å². The molecule has 1 aliphatic heterocycles. The number of hydrogen-bond acceptors (Lipinski definition) is 2. The monoisotopic (exact) mass is 274 g/mol. The molecule has 1 amide bonds. The Morgan fingerprint density at radius 3 is 2.55 bits per heavy atom. The van der Waals surface area contributed by atoms with Crippen LogP contribution in [0.25, 0.3) is 0 Å². The summed E-state index contributed by atoms with van der Waals surface area (Å²) in [7, 11) is 0. The fourth-order valence-electron chi connectivity index (χ4n) is 3.02. The first kappa shape index (κ1) is 14.9. The van der Waals surface area contributed by atoms with Crippen molar-refractivity contribution in [1.29, 1.82) is 0 Å². The zero-order valence-electron chi connectivity index (χ0n) is 12.9. The van der Waals surface area contributed by atoms with Gasteiger partial charge in [0.25, 0.3) is 0 Å². The fourth-order valence-corrected chi connectivity index (χ4v) is 3.02. The van der Waals surface area contributed by atoms with Gasteiger partial charge in [-0.2, -0.15) is 0 Å². The average Bonchev–Trinajstić information content (AvgIpc) is 2.75. The summed E-state index contributed by atoms with van der Waals surface area (Å²) in [4.78, 5) is 16.8. The molecule has 0 aliphatic carbocycles. The molecule has 110 valence electrons. The van der Waals surface area contributed by atoms with E-state index in [4.69, 9.17) is 0 Å². The smallest absolute Gasteiger partial charge is 0.242 e. The SMILES string of the molecule is CCCN(CCC)C(=O)CN1c2ccccc2CC1C. The number of carbonyl (C=O) groups is 1. The zero-order valence-corrected chi connectivity index (χ0v) is 12.9. The summed E-state index contributed by atoms with van der Waals surface area (Å²) >= 11 is 0. The van der Waals surface area contributed by atoms with Crippen molar-refractivity contribution in [3.63, 3.8) is 0 Å². The molecule has 1 heterocycles. The molecule has 0 radical (unpaired) electrons. The van der Waals surface area contributed by atoms with E-state index in [1.165, 1.54) is 11.3 Å². The first-order valence-corrected chi connectivity index (χ1v) is 7.79. The van der Waals surface area contributed by atoms with Gasteiger partial charge in [0, 0.05) is 24.8 Å². The largest absolute Gasteiger partial charge is 0.359 e. The molecule has 1 aromatic rings. The van der Waals surface area contributed by atoms with Crippen LogP contribution >= 0.6 is 0 Å². The molecule has 0 fully saturated rings. The summed E-state index contributed by atoms with van der Waals surface area (Å²) in [5, 5.41) is 0. The van der Waals surface area contributed by atoms with Crippen molar-refractivity contribution in [3.05, 3.63) is 29.8 Å². The quantitative estimate of drug-likeness (QED) is 0.796. The highest BCUT2D eigenvalue weighted by Gasteiger charge is 2.28. The van der Waals surface area contributed by atoms with Gasteiger partial charge in [0.05, 0.1) is 6.54 Å². The van der Waals surface area contributed by atoms with Gasteiger partial charge in [-0.25, -0.2) is 0 Å². The highest BCUT2D eigenvalue weighted by atomic mass is 16.2. The van der Waals surface area contributed by atoms with Crippen LogP contribution in [0.5, 0.6) is 0 Å². The number of para-hydroxylation sites is 1. The van der Waals surface area contributed by atoms with Gasteiger partial charge in [-0.1, -0.05) is 32.0 Å². The van der Waals surface area contributed by atoms with Crippen LogP contribution in [0.15, 0.2) is 24.3 Å². The molecule has 3 heteroatoms. The molecular formula is C17H26N2O. The van der Waals surface area contributed by atoms with Crippen molar-refractivity contribution < 1.29 is 4.79 Å². The van der Waals surface area contributed by atoms with Crippen molar-refractivity contribution in [2.24, 2.45) is 0 Å². The van der Waals surface area contributed by atoms with Gasteiger partial charge >= 0.3 is 0 Å². The van der Waals surface area contributed by atoms with E-state index in [9.17, 15) is 4.79 Å². The molecule has 0 aromatic heterocycles. The van der Waals surface area contributed by atoms with Crippen molar-refractivity contribution >= 4 is 11.6 Å². The average molecular weight is 274 g/mol. The van der Waals surface area contributed by atoms with Crippen LogP contribution in [0.3, 0.4) is 0 Å². The Morgan fingerprint density at radius 2 is 1.90 bits per heavy atom. The lowest BCUT2D eigenvalue weighted by Gasteiger charge is -2.28. The summed E-state index contributed by atoms with van der Waals surface area (Å²) < 4.78 is 0. The van der Waals surface area contributed by atoms with Gasteiger partial charge in [-0.3, -0.25) is 4.79 Å². The molecule has 0 bridgehead atoms. The Bertz CT molecular complexity index is 452. The standard InChI is InChI=1S/C17H26N2O/c1-4-10-18(11-5-2)17(20)13-19-14(3)12-15-8-6-7-9-16(15)19/h6-9,14H,4-5,10-13H2,1-3H3. The number of nitrogens with zero attached hydrogens (tertiary/aromatic N) is 2. The van der Waals surface area contributed by atoms with E-state index in [0.29, 0.717) is 12.6 Å². The van der Waals surface area contributed by atoms with Crippen molar-refractivity contribution in [1.82, 2.24) is 4.90 Å². The van der Waals surface area contributed by atoms with Crippen LogP contribution in [0.2, 0.25) is 0 Å². The fraction of sp³-hybridized carbons (Fsp3) is 0.588. The van der Waals surface area contributed by atoms with E-state index in [2.05, 4.69) is 49.9 Å². The summed E-state index contributed by atoms with van der Waals surface area (Å²) in [5.74, 6) is 0.261.